The molecule has 1 aromatic heterocycles. The number of amides is 1. The number of thiophene rings is 1. The fourth-order valence-corrected chi connectivity index (χ4v) is 4.38. The van der Waals surface area contributed by atoms with E-state index in [-0.39, 0.29) is 17.4 Å². The molecule has 1 fully saturated rings. The zero-order valence-electron chi connectivity index (χ0n) is 16.9. The van der Waals surface area contributed by atoms with Crippen LogP contribution in [0.25, 0.3) is 5.76 Å². The van der Waals surface area contributed by atoms with Gasteiger partial charge in [0.25, 0.3) is 11.7 Å². The van der Waals surface area contributed by atoms with Gasteiger partial charge in [0.15, 0.2) is 0 Å². The van der Waals surface area contributed by atoms with Crippen LogP contribution in [0.15, 0.2) is 71.6 Å². The Balaban J connectivity index is 1.86. The van der Waals surface area contributed by atoms with Gasteiger partial charge in [-0.05, 0) is 61.7 Å². The summed E-state index contributed by atoms with van der Waals surface area (Å²) in [5.74, 6) is -1.76. The molecule has 4 rings (SSSR count). The predicted octanol–water partition coefficient (Wildman–Crippen LogP) is 5.30. The van der Waals surface area contributed by atoms with Crippen molar-refractivity contribution in [3.63, 3.8) is 0 Å². The van der Waals surface area contributed by atoms with Crippen LogP contribution in [0.4, 0.5) is 10.1 Å². The van der Waals surface area contributed by atoms with Crippen molar-refractivity contribution >= 4 is 34.5 Å². The third kappa shape index (κ3) is 3.96. The Labute approximate surface area is 183 Å². The summed E-state index contributed by atoms with van der Waals surface area (Å²) in [5, 5.41) is 12.9. The maximum absolute atomic E-state index is 13.4. The van der Waals surface area contributed by atoms with E-state index in [0.29, 0.717) is 21.9 Å². The first-order valence-corrected chi connectivity index (χ1v) is 10.6. The van der Waals surface area contributed by atoms with Crippen LogP contribution < -0.4 is 9.64 Å². The molecule has 2 heterocycles. The molecule has 158 valence electrons. The fraction of sp³-hybridized carbons (Fsp3) is 0.167. The highest BCUT2D eigenvalue weighted by atomic mass is 32.1. The highest BCUT2D eigenvalue weighted by Gasteiger charge is 2.47. The van der Waals surface area contributed by atoms with E-state index in [2.05, 4.69) is 0 Å². The van der Waals surface area contributed by atoms with Gasteiger partial charge in [0, 0.05) is 16.1 Å². The molecule has 1 N–H and O–H groups in total. The molecule has 3 aromatic rings. The number of anilines is 1. The highest BCUT2D eigenvalue weighted by molar-refractivity contribution is 7.10. The number of aliphatic hydroxyl groups is 1. The molecular weight excluding hydrogens is 417 g/mol. The Morgan fingerprint density at radius 2 is 1.84 bits per heavy atom. The summed E-state index contributed by atoms with van der Waals surface area (Å²) in [6, 6.07) is 14.9. The van der Waals surface area contributed by atoms with Crippen molar-refractivity contribution in [1.82, 2.24) is 0 Å². The third-order valence-electron chi connectivity index (χ3n) is 4.84. The van der Waals surface area contributed by atoms with Gasteiger partial charge in [-0.3, -0.25) is 14.5 Å². The molecule has 0 radical (unpaired) electrons. The lowest BCUT2D eigenvalue weighted by atomic mass is 9.99. The molecule has 1 unspecified atom stereocenters. The second kappa shape index (κ2) is 8.35. The molecule has 7 heteroatoms. The molecule has 0 spiro atoms. The molecule has 1 atom stereocenters. The van der Waals surface area contributed by atoms with Gasteiger partial charge in [0.2, 0.25) is 0 Å². The van der Waals surface area contributed by atoms with Gasteiger partial charge >= 0.3 is 0 Å². The van der Waals surface area contributed by atoms with E-state index in [0.717, 1.165) is 0 Å². The van der Waals surface area contributed by atoms with Crippen molar-refractivity contribution in [2.75, 3.05) is 4.90 Å². The minimum absolute atomic E-state index is 0.0153. The molecule has 0 saturated carbocycles. The minimum atomic E-state index is -0.819. The lowest BCUT2D eigenvalue weighted by Crippen LogP contribution is -2.29. The van der Waals surface area contributed by atoms with Crippen LogP contribution in [0.2, 0.25) is 0 Å². The molecule has 1 aliphatic rings. The Bertz CT molecular complexity index is 1150. The van der Waals surface area contributed by atoms with Crippen LogP contribution in [0.5, 0.6) is 5.75 Å². The molecular formula is C24H20FNO4S. The van der Waals surface area contributed by atoms with E-state index < -0.39 is 23.5 Å². The number of nitrogens with zero attached hydrogens (tertiary/aromatic N) is 1. The summed E-state index contributed by atoms with van der Waals surface area (Å²) < 4.78 is 19.1. The topological polar surface area (TPSA) is 66.8 Å². The maximum atomic E-state index is 13.4. The standard InChI is InChI=1S/C24H20FNO4S/c1-14(2)30-18-6-3-5-15(13-18)22(27)20-21(19-7-4-12-31-19)26(24(29)23(20)28)17-10-8-16(25)9-11-17/h3-14,21,27H,1-2H3/b22-20-. The molecule has 1 amide bonds. The van der Waals surface area contributed by atoms with Gasteiger partial charge in [0.05, 0.1) is 11.7 Å². The zero-order chi connectivity index (χ0) is 22.1. The number of ether oxygens (including phenoxy) is 1. The van der Waals surface area contributed by atoms with Crippen LogP contribution in [-0.2, 0) is 9.59 Å². The lowest BCUT2D eigenvalue weighted by molar-refractivity contribution is -0.132. The quantitative estimate of drug-likeness (QED) is 0.334. The molecule has 5 nitrogen and oxygen atoms in total. The summed E-state index contributed by atoms with van der Waals surface area (Å²) in [6.45, 7) is 3.77. The molecule has 31 heavy (non-hydrogen) atoms. The SMILES string of the molecule is CC(C)Oc1cccc(/C(O)=C2/C(=O)C(=O)N(c3ccc(F)cc3)C2c2cccs2)c1. The van der Waals surface area contributed by atoms with Crippen molar-refractivity contribution in [2.45, 2.75) is 26.0 Å². The van der Waals surface area contributed by atoms with E-state index in [4.69, 9.17) is 4.74 Å². The Morgan fingerprint density at radius 1 is 1.10 bits per heavy atom. The first-order valence-electron chi connectivity index (χ1n) is 9.74. The van der Waals surface area contributed by atoms with Crippen LogP contribution >= 0.6 is 11.3 Å². The van der Waals surface area contributed by atoms with Crippen molar-refractivity contribution in [3.8, 4) is 5.75 Å². The monoisotopic (exact) mass is 437 g/mol. The Kier molecular flexibility index (Phi) is 5.61. The number of aliphatic hydroxyl groups excluding tert-OH is 1. The van der Waals surface area contributed by atoms with Crippen molar-refractivity contribution < 1.29 is 23.8 Å². The number of carbonyl (C=O) groups excluding carboxylic acids is 2. The summed E-state index contributed by atoms with van der Waals surface area (Å²) >= 11 is 1.36. The molecule has 2 aromatic carbocycles. The molecule has 1 aliphatic heterocycles. The fourth-order valence-electron chi connectivity index (χ4n) is 3.56. The lowest BCUT2D eigenvalue weighted by Gasteiger charge is -2.24. The number of benzene rings is 2. The Hall–Kier alpha value is -3.45. The summed E-state index contributed by atoms with van der Waals surface area (Å²) in [7, 11) is 0. The first-order chi connectivity index (χ1) is 14.9. The number of rotatable bonds is 5. The Morgan fingerprint density at radius 3 is 2.48 bits per heavy atom. The van der Waals surface area contributed by atoms with Gasteiger partial charge in [-0.2, -0.15) is 0 Å². The van der Waals surface area contributed by atoms with Crippen molar-refractivity contribution in [1.29, 1.82) is 0 Å². The summed E-state index contributed by atoms with van der Waals surface area (Å²) in [5.41, 5.74) is 0.730. The third-order valence-corrected chi connectivity index (χ3v) is 5.77. The molecule has 0 aliphatic carbocycles. The van der Waals surface area contributed by atoms with Crippen LogP contribution in [0.1, 0.15) is 30.3 Å². The van der Waals surface area contributed by atoms with Gasteiger partial charge in [-0.25, -0.2) is 4.39 Å². The van der Waals surface area contributed by atoms with Gasteiger partial charge in [-0.1, -0.05) is 18.2 Å². The average Bonchev–Trinajstić information content (AvgIpc) is 3.35. The number of hydrogen-bond donors (Lipinski definition) is 1. The van der Waals surface area contributed by atoms with E-state index >= 15 is 0 Å². The van der Waals surface area contributed by atoms with Gasteiger partial charge in [0.1, 0.15) is 23.4 Å². The number of Topliss-reactive ketones (excluding diaryl/α,β-unsaturated/α-hetero) is 1. The normalized spacial score (nSPS) is 18.1. The summed E-state index contributed by atoms with van der Waals surface area (Å²) in [4.78, 5) is 28.0. The number of ketones is 1. The van der Waals surface area contributed by atoms with Crippen LogP contribution in [0.3, 0.4) is 0 Å². The smallest absolute Gasteiger partial charge is 0.300 e. The van der Waals surface area contributed by atoms with Crippen molar-refractivity contribution in [2.24, 2.45) is 0 Å². The molecule has 0 bridgehead atoms. The van der Waals surface area contributed by atoms with Crippen LogP contribution in [0, 0.1) is 5.82 Å². The largest absolute Gasteiger partial charge is 0.507 e. The summed E-state index contributed by atoms with van der Waals surface area (Å²) in [6.07, 6.45) is -0.0624. The average molecular weight is 437 g/mol. The van der Waals surface area contributed by atoms with Crippen LogP contribution in [-0.4, -0.2) is 22.9 Å². The second-order valence-corrected chi connectivity index (χ2v) is 8.33. The maximum Gasteiger partial charge on any atom is 0.300 e. The number of carbonyl (C=O) groups is 2. The second-order valence-electron chi connectivity index (χ2n) is 7.36. The van der Waals surface area contributed by atoms with E-state index in [1.54, 1.807) is 30.3 Å². The number of hydrogen-bond acceptors (Lipinski definition) is 5. The van der Waals surface area contributed by atoms with Gasteiger partial charge < -0.3 is 9.84 Å². The molecule has 1 saturated heterocycles. The minimum Gasteiger partial charge on any atom is -0.507 e. The first kappa shape index (κ1) is 20.8. The highest BCUT2D eigenvalue weighted by Crippen LogP contribution is 2.43. The van der Waals surface area contributed by atoms with Gasteiger partial charge in [-0.15, -0.1) is 11.3 Å². The van der Waals surface area contributed by atoms with E-state index in [1.165, 1.54) is 40.5 Å². The van der Waals surface area contributed by atoms with Crippen molar-refractivity contribution in [3.05, 3.63) is 87.9 Å². The zero-order valence-corrected chi connectivity index (χ0v) is 17.7. The van der Waals surface area contributed by atoms with E-state index in [1.807, 2.05) is 25.3 Å². The predicted molar refractivity (Wildman–Crippen MR) is 118 cm³/mol. The van der Waals surface area contributed by atoms with E-state index in [9.17, 15) is 19.1 Å². The number of halogens is 1.